The van der Waals surface area contributed by atoms with E-state index < -0.39 is 0 Å². The van der Waals surface area contributed by atoms with Gasteiger partial charge in [0.1, 0.15) is 0 Å². The zero-order valence-corrected chi connectivity index (χ0v) is 9.59. The minimum atomic E-state index is -0.224. The zero-order valence-electron chi connectivity index (χ0n) is 9.59. The standard InChI is InChI=1S/C11H21NO2/c1-5-7-12-10(4)8-9(3)11(13)14-6-2/h8,10,12H,5-7H2,1-4H3. The van der Waals surface area contributed by atoms with E-state index in [9.17, 15) is 4.79 Å². The highest BCUT2D eigenvalue weighted by Crippen LogP contribution is 1.99. The van der Waals surface area contributed by atoms with E-state index in [1.54, 1.807) is 6.92 Å². The van der Waals surface area contributed by atoms with E-state index in [2.05, 4.69) is 12.2 Å². The lowest BCUT2D eigenvalue weighted by Gasteiger charge is -2.09. The van der Waals surface area contributed by atoms with Crippen LogP contribution < -0.4 is 5.32 Å². The second-order valence-corrected chi connectivity index (χ2v) is 3.31. The van der Waals surface area contributed by atoms with Crippen molar-refractivity contribution in [1.82, 2.24) is 5.32 Å². The topological polar surface area (TPSA) is 38.3 Å². The lowest BCUT2D eigenvalue weighted by atomic mass is 10.2. The van der Waals surface area contributed by atoms with Crippen LogP contribution in [0.4, 0.5) is 0 Å². The Morgan fingerprint density at radius 1 is 1.50 bits per heavy atom. The Morgan fingerprint density at radius 3 is 2.64 bits per heavy atom. The number of esters is 1. The van der Waals surface area contributed by atoms with Gasteiger partial charge in [-0.25, -0.2) is 4.79 Å². The van der Waals surface area contributed by atoms with E-state index >= 15 is 0 Å². The Bertz CT molecular complexity index is 199. The molecule has 14 heavy (non-hydrogen) atoms. The van der Waals surface area contributed by atoms with E-state index in [0.717, 1.165) is 13.0 Å². The minimum absolute atomic E-state index is 0.222. The summed E-state index contributed by atoms with van der Waals surface area (Å²) >= 11 is 0. The van der Waals surface area contributed by atoms with Gasteiger partial charge in [-0.1, -0.05) is 13.0 Å². The van der Waals surface area contributed by atoms with Crippen molar-refractivity contribution in [2.24, 2.45) is 0 Å². The van der Waals surface area contributed by atoms with Crippen molar-refractivity contribution in [2.45, 2.75) is 40.2 Å². The summed E-state index contributed by atoms with van der Waals surface area (Å²) in [6.07, 6.45) is 2.99. The first-order chi connectivity index (χ1) is 6.61. The second-order valence-electron chi connectivity index (χ2n) is 3.31. The van der Waals surface area contributed by atoms with Crippen LogP contribution in [0, 0.1) is 0 Å². The van der Waals surface area contributed by atoms with Gasteiger partial charge < -0.3 is 10.1 Å². The van der Waals surface area contributed by atoms with Crippen LogP contribution in [-0.4, -0.2) is 25.2 Å². The summed E-state index contributed by atoms with van der Waals surface area (Å²) in [5.74, 6) is -0.224. The summed E-state index contributed by atoms with van der Waals surface area (Å²) in [6.45, 7) is 9.13. The lowest BCUT2D eigenvalue weighted by molar-refractivity contribution is -0.138. The molecule has 0 saturated carbocycles. The molecular formula is C11H21NO2. The molecule has 0 aliphatic rings. The third-order valence-electron chi connectivity index (χ3n) is 1.81. The van der Waals surface area contributed by atoms with E-state index in [4.69, 9.17) is 4.74 Å². The Balaban J connectivity index is 4.00. The van der Waals surface area contributed by atoms with Crippen molar-refractivity contribution in [3.05, 3.63) is 11.6 Å². The third kappa shape index (κ3) is 5.75. The molecule has 0 aromatic rings. The molecular weight excluding hydrogens is 178 g/mol. The molecule has 0 aromatic carbocycles. The van der Waals surface area contributed by atoms with Gasteiger partial charge in [0.2, 0.25) is 0 Å². The lowest BCUT2D eigenvalue weighted by Crippen LogP contribution is -2.25. The van der Waals surface area contributed by atoms with Gasteiger partial charge in [0, 0.05) is 11.6 Å². The maximum atomic E-state index is 11.2. The number of hydrogen-bond acceptors (Lipinski definition) is 3. The van der Waals surface area contributed by atoms with Crippen molar-refractivity contribution in [3.63, 3.8) is 0 Å². The van der Waals surface area contributed by atoms with Crippen LogP contribution in [0.5, 0.6) is 0 Å². The van der Waals surface area contributed by atoms with Crippen molar-refractivity contribution >= 4 is 5.97 Å². The average molecular weight is 199 g/mol. The van der Waals surface area contributed by atoms with Crippen LogP contribution in [0.1, 0.15) is 34.1 Å². The number of ether oxygens (including phenoxy) is 1. The Labute approximate surface area is 86.5 Å². The van der Waals surface area contributed by atoms with Crippen molar-refractivity contribution in [2.75, 3.05) is 13.2 Å². The monoisotopic (exact) mass is 199 g/mol. The highest BCUT2D eigenvalue weighted by atomic mass is 16.5. The van der Waals surface area contributed by atoms with Gasteiger partial charge in [0.25, 0.3) is 0 Å². The van der Waals surface area contributed by atoms with E-state index in [-0.39, 0.29) is 12.0 Å². The molecule has 0 rings (SSSR count). The van der Waals surface area contributed by atoms with Crippen LogP contribution in [0.25, 0.3) is 0 Å². The smallest absolute Gasteiger partial charge is 0.333 e. The fraction of sp³-hybridized carbons (Fsp3) is 0.727. The maximum absolute atomic E-state index is 11.2. The summed E-state index contributed by atoms with van der Waals surface area (Å²) in [7, 11) is 0. The second kappa shape index (κ2) is 7.56. The molecule has 1 unspecified atom stereocenters. The summed E-state index contributed by atoms with van der Waals surface area (Å²) in [5.41, 5.74) is 0.669. The Kier molecular flexibility index (Phi) is 7.11. The van der Waals surface area contributed by atoms with Crippen LogP contribution in [-0.2, 0) is 9.53 Å². The first-order valence-electron chi connectivity index (χ1n) is 5.20. The van der Waals surface area contributed by atoms with Crippen LogP contribution >= 0.6 is 0 Å². The molecule has 0 aliphatic carbocycles. The van der Waals surface area contributed by atoms with Gasteiger partial charge in [-0.05, 0) is 33.7 Å². The summed E-state index contributed by atoms with van der Waals surface area (Å²) in [5, 5.41) is 3.28. The average Bonchev–Trinajstić information content (AvgIpc) is 2.15. The molecule has 3 heteroatoms. The highest BCUT2D eigenvalue weighted by molar-refractivity contribution is 5.87. The van der Waals surface area contributed by atoms with Gasteiger partial charge in [-0.3, -0.25) is 0 Å². The fourth-order valence-electron chi connectivity index (χ4n) is 1.12. The molecule has 82 valence electrons. The highest BCUT2D eigenvalue weighted by Gasteiger charge is 2.05. The predicted molar refractivity (Wildman–Crippen MR) is 58.1 cm³/mol. The molecule has 0 bridgehead atoms. The summed E-state index contributed by atoms with van der Waals surface area (Å²) in [4.78, 5) is 11.2. The van der Waals surface area contributed by atoms with E-state index in [0.29, 0.717) is 12.2 Å². The first-order valence-corrected chi connectivity index (χ1v) is 5.20. The van der Waals surface area contributed by atoms with Gasteiger partial charge in [0.15, 0.2) is 0 Å². The van der Waals surface area contributed by atoms with Crippen LogP contribution in [0.3, 0.4) is 0 Å². The molecule has 3 nitrogen and oxygen atoms in total. The van der Waals surface area contributed by atoms with Gasteiger partial charge in [-0.15, -0.1) is 0 Å². The van der Waals surface area contributed by atoms with E-state index in [1.807, 2.05) is 19.9 Å². The zero-order chi connectivity index (χ0) is 11.0. The molecule has 0 aromatic heterocycles. The normalized spacial score (nSPS) is 13.9. The largest absolute Gasteiger partial charge is 0.463 e. The molecule has 0 spiro atoms. The van der Waals surface area contributed by atoms with Crippen molar-refractivity contribution in [3.8, 4) is 0 Å². The molecule has 0 aliphatic heterocycles. The number of hydrogen-bond donors (Lipinski definition) is 1. The summed E-state index contributed by atoms with van der Waals surface area (Å²) < 4.78 is 4.87. The van der Waals surface area contributed by atoms with Crippen molar-refractivity contribution < 1.29 is 9.53 Å². The Hall–Kier alpha value is -0.830. The molecule has 0 heterocycles. The fourth-order valence-corrected chi connectivity index (χ4v) is 1.12. The van der Waals surface area contributed by atoms with E-state index in [1.165, 1.54) is 0 Å². The quantitative estimate of drug-likeness (QED) is 0.524. The van der Waals surface area contributed by atoms with Crippen molar-refractivity contribution in [1.29, 1.82) is 0 Å². The van der Waals surface area contributed by atoms with Crippen LogP contribution in [0.15, 0.2) is 11.6 Å². The van der Waals surface area contributed by atoms with Gasteiger partial charge in [-0.2, -0.15) is 0 Å². The Morgan fingerprint density at radius 2 is 2.14 bits per heavy atom. The number of rotatable bonds is 6. The SMILES string of the molecule is CCCNC(C)C=C(C)C(=O)OCC. The molecule has 1 atom stereocenters. The maximum Gasteiger partial charge on any atom is 0.333 e. The van der Waals surface area contributed by atoms with Gasteiger partial charge >= 0.3 is 5.97 Å². The third-order valence-corrected chi connectivity index (χ3v) is 1.81. The first kappa shape index (κ1) is 13.2. The predicted octanol–water partition coefficient (Wildman–Crippen LogP) is 1.88. The molecule has 0 saturated heterocycles. The molecule has 0 amide bonds. The molecule has 0 radical (unpaired) electrons. The number of nitrogens with one attached hydrogen (secondary N) is 1. The van der Waals surface area contributed by atoms with Crippen LogP contribution in [0.2, 0.25) is 0 Å². The molecule has 0 fully saturated rings. The number of carbonyl (C=O) groups is 1. The van der Waals surface area contributed by atoms with Gasteiger partial charge in [0.05, 0.1) is 6.61 Å². The number of carbonyl (C=O) groups excluding carboxylic acids is 1. The summed E-state index contributed by atoms with van der Waals surface area (Å²) in [6, 6.07) is 0.222. The minimum Gasteiger partial charge on any atom is -0.463 e. The molecule has 1 N–H and O–H groups in total.